The average Bonchev–Trinajstić information content (AvgIpc) is 2.67. The molecule has 0 aromatic heterocycles. The van der Waals surface area contributed by atoms with Crippen LogP contribution in [-0.2, 0) is 48.1 Å². The summed E-state index contributed by atoms with van der Waals surface area (Å²) in [6.45, 7) is 0. The van der Waals surface area contributed by atoms with Gasteiger partial charge in [0.2, 0.25) is 0 Å². The summed E-state index contributed by atoms with van der Waals surface area (Å²) in [5.74, 6) is -4.47. The Balaban J connectivity index is 0.000000483. The van der Waals surface area contributed by atoms with Crippen molar-refractivity contribution in [2.45, 2.75) is 51.4 Å². The molecule has 0 bridgehead atoms. The third-order valence-corrected chi connectivity index (χ3v) is 5.17. The molecule has 0 radical (unpaired) electrons. The number of methoxy groups -OCH3 is 2. The summed E-state index contributed by atoms with van der Waals surface area (Å²) in [6, 6.07) is 0. The molecule has 0 saturated heterocycles. The number of carboxylic acids is 2. The van der Waals surface area contributed by atoms with E-state index in [2.05, 4.69) is 9.47 Å². The maximum Gasteiger partial charge on any atom is 0.309 e. The van der Waals surface area contributed by atoms with Gasteiger partial charge >= 0.3 is 23.9 Å². The van der Waals surface area contributed by atoms with Gasteiger partial charge in [-0.1, -0.05) is 25.7 Å². The third kappa shape index (κ3) is 7.56. The summed E-state index contributed by atoms with van der Waals surface area (Å²) >= 11 is 0. The molecule has 2 aliphatic carbocycles. The number of hydrogen-bond acceptors (Lipinski definition) is 6. The predicted molar refractivity (Wildman–Crippen MR) is 90.2 cm³/mol. The maximum atomic E-state index is 11.2. The largest absolute Gasteiger partial charge is 0.481 e. The maximum absolute atomic E-state index is 11.2. The molecule has 150 valence electrons. The first-order valence-corrected chi connectivity index (χ1v) is 8.94. The van der Waals surface area contributed by atoms with Crippen LogP contribution in [0.4, 0.5) is 0 Å². The van der Waals surface area contributed by atoms with Gasteiger partial charge in [-0.15, -0.1) is 0 Å². The molecule has 0 spiro atoms. The van der Waals surface area contributed by atoms with Gasteiger partial charge in [0.1, 0.15) is 0 Å². The molecular formula is C18H28O8Zn. The van der Waals surface area contributed by atoms with Crippen LogP contribution >= 0.6 is 0 Å². The topological polar surface area (TPSA) is 127 Å². The molecule has 9 heteroatoms. The van der Waals surface area contributed by atoms with Crippen molar-refractivity contribution in [3.8, 4) is 0 Å². The summed E-state index contributed by atoms with van der Waals surface area (Å²) in [5, 5.41) is 17.7. The van der Waals surface area contributed by atoms with Crippen molar-refractivity contribution >= 4 is 23.9 Å². The average molecular weight is 438 g/mol. The summed E-state index contributed by atoms with van der Waals surface area (Å²) in [6.07, 6.45) is 6.10. The van der Waals surface area contributed by atoms with E-state index in [1.807, 2.05) is 0 Å². The standard InChI is InChI=1S/2C9H14O4.Zn/c2*1-13-9(12)7-5-3-2-4-6(7)8(10)11;/h2*6-7H,2-5H2,1H3,(H,10,11);. The number of esters is 2. The molecule has 0 aromatic carbocycles. The Morgan fingerprint density at radius 3 is 1.11 bits per heavy atom. The van der Waals surface area contributed by atoms with Crippen molar-refractivity contribution in [2.24, 2.45) is 23.7 Å². The number of hydrogen-bond donors (Lipinski definition) is 2. The summed E-state index contributed by atoms with van der Waals surface area (Å²) < 4.78 is 9.14. The summed E-state index contributed by atoms with van der Waals surface area (Å²) in [5.41, 5.74) is 0. The van der Waals surface area contributed by atoms with E-state index in [1.165, 1.54) is 14.2 Å². The van der Waals surface area contributed by atoms with Crippen molar-refractivity contribution in [2.75, 3.05) is 14.2 Å². The fourth-order valence-electron chi connectivity index (χ4n) is 3.72. The Morgan fingerprint density at radius 2 is 0.889 bits per heavy atom. The predicted octanol–water partition coefficient (Wildman–Crippen LogP) is 2.10. The molecule has 2 aliphatic rings. The van der Waals surface area contributed by atoms with Crippen molar-refractivity contribution in [3.63, 3.8) is 0 Å². The Bertz CT molecular complexity index is 475. The van der Waals surface area contributed by atoms with E-state index in [0.717, 1.165) is 25.7 Å². The number of carboxylic acid groups (broad SMARTS) is 2. The first-order chi connectivity index (χ1) is 12.3. The van der Waals surface area contributed by atoms with E-state index in [0.29, 0.717) is 25.7 Å². The van der Waals surface area contributed by atoms with E-state index < -0.39 is 35.6 Å². The van der Waals surface area contributed by atoms with Crippen molar-refractivity contribution in [3.05, 3.63) is 0 Å². The molecule has 4 unspecified atom stereocenters. The Kier molecular flexibility index (Phi) is 12.1. The van der Waals surface area contributed by atoms with Gasteiger partial charge in [-0.2, -0.15) is 0 Å². The van der Waals surface area contributed by atoms with E-state index >= 15 is 0 Å². The fourth-order valence-corrected chi connectivity index (χ4v) is 3.72. The van der Waals surface area contributed by atoms with Gasteiger partial charge in [-0.3, -0.25) is 19.2 Å². The minimum Gasteiger partial charge on any atom is -0.481 e. The quantitative estimate of drug-likeness (QED) is 0.505. The molecular weight excluding hydrogens is 410 g/mol. The Labute approximate surface area is 171 Å². The van der Waals surface area contributed by atoms with E-state index in [4.69, 9.17) is 10.2 Å². The van der Waals surface area contributed by atoms with Crippen LogP contribution in [0.25, 0.3) is 0 Å². The van der Waals surface area contributed by atoms with Crippen LogP contribution in [0.2, 0.25) is 0 Å². The van der Waals surface area contributed by atoms with Gasteiger partial charge < -0.3 is 19.7 Å². The van der Waals surface area contributed by atoms with Crippen LogP contribution in [0.15, 0.2) is 0 Å². The van der Waals surface area contributed by atoms with Crippen LogP contribution in [0, 0.1) is 23.7 Å². The number of aliphatic carboxylic acids is 2. The van der Waals surface area contributed by atoms with E-state index in [9.17, 15) is 19.2 Å². The molecule has 8 nitrogen and oxygen atoms in total. The minimum absolute atomic E-state index is 0. The molecule has 0 aliphatic heterocycles. The number of ether oxygens (including phenoxy) is 2. The van der Waals surface area contributed by atoms with E-state index in [1.54, 1.807) is 0 Å². The van der Waals surface area contributed by atoms with Gasteiger partial charge in [0.25, 0.3) is 0 Å². The van der Waals surface area contributed by atoms with Crippen LogP contribution < -0.4 is 0 Å². The second-order valence-corrected chi connectivity index (χ2v) is 6.72. The second kappa shape index (κ2) is 12.8. The monoisotopic (exact) mass is 436 g/mol. The van der Waals surface area contributed by atoms with Crippen molar-refractivity contribution in [1.82, 2.24) is 0 Å². The molecule has 2 rings (SSSR count). The fraction of sp³-hybridized carbons (Fsp3) is 0.778. The number of carbonyl (C=O) groups is 4. The summed E-state index contributed by atoms with van der Waals surface area (Å²) in [7, 11) is 2.60. The second-order valence-electron chi connectivity index (χ2n) is 6.72. The molecule has 2 saturated carbocycles. The normalized spacial score (nSPS) is 27.0. The SMILES string of the molecule is COC(=O)C1CCCCC1C(=O)O.COC(=O)C1CCCCC1C(=O)O.[Zn]. The Hall–Kier alpha value is -1.50. The van der Waals surface area contributed by atoms with Crippen LogP contribution in [0.3, 0.4) is 0 Å². The Morgan fingerprint density at radius 1 is 0.630 bits per heavy atom. The van der Waals surface area contributed by atoms with Gasteiger partial charge in [-0.05, 0) is 25.7 Å². The third-order valence-electron chi connectivity index (χ3n) is 5.17. The van der Waals surface area contributed by atoms with Crippen molar-refractivity contribution in [1.29, 1.82) is 0 Å². The zero-order chi connectivity index (χ0) is 19.7. The molecule has 2 N–H and O–H groups in total. The van der Waals surface area contributed by atoms with Gasteiger partial charge in [0, 0.05) is 19.5 Å². The smallest absolute Gasteiger partial charge is 0.309 e. The first-order valence-electron chi connectivity index (χ1n) is 8.94. The molecule has 0 aromatic rings. The number of rotatable bonds is 4. The van der Waals surface area contributed by atoms with Gasteiger partial charge in [-0.25, -0.2) is 0 Å². The summed E-state index contributed by atoms with van der Waals surface area (Å²) in [4.78, 5) is 43.9. The van der Waals surface area contributed by atoms with E-state index in [-0.39, 0.29) is 31.4 Å². The number of carbonyl (C=O) groups excluding carboxylic acids is 2. The van der Waals surface area contributed by atoms with Crippen LogP contribution in [0.1, 0.15) is 51.4 Å². The molecule has 27 heavy (non-hydrogen) atoms. The molecule has 2 fully saturated rings. The van der Waals surface area contributed by atoms with Gasteiger partial charge in [0.15, 0.2) is 0 Å². The molecule has 0 amide bonds. The van der Waals surface area contributed by atoms with Crippen LogP contribution in [0.5, 0.6) is 0 Å². The molecule has 0 heterocycles. The zero-order valence-corrected chi connectivity index (χ0v) is 19.0. The molecule has 4 atom stereocenters. The van der Waals surface area contributed by atoms with Gasteiger partial charge in [0.05, 0.1) is 37.9 Å². The van der Waals surface area contributed by atoms with Crippen molar-refractivity contribution < 1.29 is 58.3 Å². The van der Waals surface area contributed by atoms with Crippen LogP contribution in [-0.4, -0.2) is 48.3 Å². The first kappa shape index (κ1) is 25.5. The minimum atomic E-state index is -0.880. The zero-order valence-electron chi connectivity index (χ0n) is 16.0.